The van der Waals surface area contributed by atoms with Crippen molar-refractivity contribution < 1.29 is 14.2 Å². The van der Waals surface area contributed by atoms with E-state index < -0.39 is 0 Å². The monoisotopic (exact) mass is 271 g/mol. The number of benzene rings is 1. The van der Waals surface area contributed by atoms with Crippen LogP contribution in [0.2, 0.25) is 5.02 Å². The molecule has 0 saturated carbocycles. The Morgan fingerprint density at radius 1 is 1.39 bits per heavy atom. The summed E-state index contributed by atoms with van der Waals surface area (Å²) in [5.41, 5.74) is 1.08. The largest absolute Gasteiger partial charge is 0.486 e. The first-order valence-corrected chi connectivity index (χ1v) is 6.40. The lowest BCUT2D eigenvalue weighted by atomic mass is 10.2. The van der Waals surface area contributed by atoms with Crippen LogP contribution < -0.4 is 14.8 Å². The van der Waals surface area contributed by atoms with Crippen molar-refractivity contribution in [1.29, 1.82) is 0 Å². The summed E-state index contributed by atoms with van der Waals surface area (Å²) in [5, 5.41) is 3.91. The molecule has 1 aliphatic heterocycles. The molecule has 1 unspecified atom stereocenters. The molecule has 0 bridgehead atoms. The molecule has 1 aromatic rings. The standard InChI is InChI=1S/C13H18ClNO3/c1-9(16-2)7-15-8-10-5-11(14)13-12(6-10)17-3-4-18-13/h5-6,9,15H,3-4,7-8H2,1-2H3. The van der Waals surface area contributed by atoms with E-state index in [1.54, 1.807) is 7.11 Å². The molecule has 1 N–H and O–H groups in total. The minimum Gasteiger partial charge on any atom is -0.486 e. The summed E-state index contributed by atoms with van der Waals surface area (Å²) in [7, 11) is 1.70. The average Bonchev–Trinajstić information content (AvgIpc) is 2.38. The Hall–Kier alpha value is -0.970. The van der Waals surface area contributed by atoms with E-state index >= 15 is 0 Å². The zero-order valence-electron chi connectivity index (χ0n) is 10.7. The van der Waals surface area contributed by atoms with E-state index in [-0.39, 0.29) is 6.10 Å². The SMILES string of the molecule is COC(C)CNCc1cc(Cl)c2c(c1)OCCO2. The predicted molar refractivity (Wildman–Crippen MR) is 70.6 cm³/mol. The van der Waals surface area contributed by atoms with Gasteiger partial charge < -0.3 is 19.5 Å². The van der Waals surface area contributed by atoms with Gasteiger partial charge in [-0.15, -0.1) is 0 Å². The Bertz CT molecular complexity index is 411. The van der Waals surface area contributed by atoms with Crippen LogP contribution in [-0.2, 0) is 11.3 Å². The maximum Gasteiger partial charge on any atom is 0.179 e. The van der Waals surface area contributed by atoms with Gasteiger partial charge >= 0.3 is 0 Å². The Labute approximate surface area is 112 Å². The minimum absolute atomic E-state index is 0.192. The van der Waals surface area contributed by atoms with E-state index in [0.717, 1.165) is 24.4 Å². The van der Waals surface area contributed by atoms with Crippen LogP contribution in [0, 0.1) is 0 Å². The highest BCUT2D eigenvalue weighted by atomic mass is 35.5. The van der Waals surface area contributed by atoms with Crippen molar-refractivity contribution in [2.24, 2.45) is 0 Å². The van der Waals surface area contributed by atoms with Crippen molar-refractivity contribution in [3.8, 4) is 11.5 Å². The number of nitrogens with one attached hydrogen (secondary N) is 1. The van der Waals surface area contributed by atoms with Gasteiger partial charge in [-0.25, -0.2) is 0 Å². The van der Waals surface area contributed by atoms with Gasteiger partial charge in [-0.1, -0.05) is 11.6 Å². The van der Waals surface area contributed by atoms with Crippen LogP contribution in [0.5, 0.6) is 11.5 Å². The van der Waals surface area contributed by atoms with Crippen LogP contribution in [0.25, 0.3) is 0 Å². The molecule has 0 spiro atoms. The van der Waals surface area contributed by atoms with Gasteiger partial charge in [0.25, 0.3) is 0 Å². The fourth-order valence-electron chi connectivity index (χ4n) is 1.77. The van der Waals surface area contributed by atoms with Gasteiger partial charge in [0, 0.05) is 20.2 Å². The molecular weight excluding hydrogens is 254 g/mol. The first-order valence-electron chi connectivity index (χ1n) is 6.02. The topological polar surface area (TPSA) is 39.7 Å². The zero-order chi connectivity index (χ0) is 13.0. The van der Waals surface area contributed by atoms with Gasteiger partial charge in [0.2, 0.25) is 0 Å². The second kappa shape index (κ2) is 6.27. The van der Waals surface area contributed by atoms with E-state index in [1.807, 2.05) is 19.1 Å². The number of hydrogen-bond acceptors (Lipinski definition) is 4. The number of halogens is 1. The normalized spacial score (nSPS) is 15.5. The van der Waals surface area contributed by atoms with Crippen LogP contribution in [0.3, 0.4) is 0 Å². The van der Waals surface area contributed by atoms with Crippen molar-refractivity contribution in [2.75, 3.05) is 26.9 Å². The fraction of sp³-hybridized carbons (Fsp3) is 0.538. The molecule has 18 heavy (non-hydrogen) atoms. The molecule has 0 fully saturated rings. The summed E-state index contributed by atoms with van der Waals surface area (Å²) in [6.45, 7) is 4.66. The first-order chi connectivity index (χ1) is 8.70. The third-order valence-electron chi connectivity index (χ3n) is 2.82. The lowest BCUT2D eigenvalue weighted by Gasteiger charge is -2.20. The number of methoxy groups -OCH3 is 1. The fourth-order valence-corrected chi connectivity index (χ4v) is 2.06. The Morgan fingerprint density at radius 2 is 2.17 bits per heavy atom. The molecule has 0 aromatic heterocycles. The van der Waals surface area contributed by atoms with Gasteiger partial charge in [0.05, 0.1) is 11.1 Å². The van der Waals surface area contributed by atoms with Crippen molar-refractivity contribution in [3.05, 3.63) is 22.7 Å². The quantitative estimate of drug-likeness (QED) is 0.892. The Kier molecular flexibility index (Phi) is 4.69. The van der Waals surface area contributed by atoms with Gasteiger partial charge in [-0.05, 0) is 24.6 Å². The second-order valence-corrected chi connectivity index (χ2v) is 4.69. The highest BCUT2D eigenvalue weighted by molar-refractivity contribution is 6.32. The van der Waals surface area contributed by atoms with Gasteiger partial charge in [0.1, 0.15) is 13.2 Å². The molecule has 1 aliphatic rings. The molecule has 0 saturated heterocycles. The van der Waals surface area contributed by atoms with Crippen LogP contribution in [0.15, 0.2) is 12.1 Å². The first kappa shape index (κ1) is 13.5. The smallest absolute Gasteiger partial charge is 0.179 e. The maximum absolute atomic E-state index is 6.16. The third-order valence-corrected chi connectivity index (χ3v) is 3.10. The van der Waals surface area contributed by atoms with Crippen LogP contribution in [0.1, 0.15) is 12.5 Å². The summed E-state index contributed by atoms with van der Waals surface area (Å²) in [4.78, 5) is 0. The highest BCUT2D eigenvalue weighted by Crippen LogP contribution is 2.38. The number of hydrogen-bond donors (Lipinski definition) is 1. The summed E-state index contributed by atoms with van der Waals surface area (Å²) < 4.78 is 16.2. The van der Waals surface area contributed by atoms with Crippen LogP contribution >= 0.6 is 11.6 Å². The molecular formula is C13H18ClNO3. The van der Waals surface area contributed by atoms with Gasteiger partial charge in [-0.2, -0.15) is 0 Å². The molecule has 4 nitrogen and oxygen atoms in total. The average molecular weight is 272 g/mol. The summed E-state index contributed by atoms with van der Waals surface area (Å²) in [5.74, 6) is 1.38. The molecule has 0 radical (unpaired) electrons. The van der Waals surface area contributed by atoms with E-state index in [0.29, 0.717) is 24.0 Å². The molecule has 100 valence electrons. The minimum atomic E-state index is 0.192. The summed E-state index contributed by atoms with van der Waals surface area (Å²) in [6.07, 6.45) is 0.192. The zero-order valence-corrected chi connectivity index (χ0v) is 11.4. The predicted octanol–water partition coefficient (Wildman–Crippen LogP) is 2.24. The molecule has 5 heteroatoms. The molecule has 1 aromatic carbocycles. The third kappa shape index (κ3) is 3.28. The van der Waals surface area contributed by atoms with E-state index in [1.165, 1.54) is 0 Å². The summed E-state index contributed by atoms with van der Waals surface area (Å²) in [6, 6.07) is 3.87. The Morgan fingerprint density at radius 3 is 2.94 bits per heavy atom. The number of rotatable bonds is 5. The number of ether oxygens (including phenoxy) is 3. The second-order valence-electron chi connectivity index (χ2n) is 4.28. The Balaban J connectivity index is 1.99. The molecule has 1 heterocycles. The van der Waals surface area contributed by atoms with Crippen molar-refractivity contribution in [2.45, 2.75) is 19.6 Å². The molecule has 2 rings (SSSR count). The highest BCUT2D eigenvalue weighted by Gasteiger charge is 2.16. The molecule has 0 amide bonds. The van der Waals surface area contributed by atoms with Crippen molar-refractivity contribution >= 4 is 11.6 Å². The van der Waals surface area contributed by atoms with Crippen LogP contribution in [-0.4, -0.2) is 33.0 Å². The molecule has 0 aliphatic carbocycles. The van der Waals surface area contributed by atoms with E-state index in [4.69, 9.17) is 25.8 Å². The summed E-state index contributed by atoms with van der Waals surface area (Å²) >= 11 is 6.16. The number of fused-ring (bicyclic) bond motifs is 1. The van der Waals surface area contributed by atoms with Gasteiger partial charge in [-0.3, -0.25) is 0 Å². The molecule has 1 atom stereocenters. The van der Waals surface area contributed by atoms with Gasteiger partial charge in [0.15, 0.2) is 11.5 Å². The lowest BCUT2D eigenvalue weighted by molar-refractivity contribution is 0.117. The lowest BCUT2D eigenvalue weighted by Crippen LogP contribution is -2.25. The van der Waals surface area contributed by atoms with E-state index in [9.17, 15) is 0 Å². The van der Waals surface area contributed by atoms with E-state index in [2.05, 4.69) is 5.32 Å². The van der Waals surface area contributed by atoms with Crippen LogP contribution in [0.4, 0.5) is 0 Å². The van der Waals surface area contributed by atoms with Crippen molar-refractivity contribution in [3.63, 3.8) is 0 Å². The van der Waals surface area contributed by atoms with Crippen molar-refractivity contribution in [1.82, 2.24) is 5.32 Å². The maximum atomic E-state index is 6.16.